The maximum atomic E-state index is 12.4. The Hall–Kier alpha value is -2.92. The van der Waals surface area contributed by atoms with E-state index in [0.717, 1.165) is 22.9 Å². The van der Waals surface area contributed by atoms with Gasteiger partial charge in [0.05, 0.1) is 5.69 Å². The molecule has 2 heterocycles. The van der Waals surface area contributed by atoms with Crippen LogP contribution in [-0.2, 0) is 16.2 Å². The Morgan fingerprint density at radius 1 is 1.23 bits per heavy atom. The van der Waals surface area contributed by atoms with E-state index in [9.17, 15) is 4.79 Å². The number of carbonyl (C=O) groups excluding carboxylic acids is 1. The minimum atomic E-state index is -0.112. The van der Waals surface area contributed by atoms with Gasteiger partial charge >= 0.3 is 0 Å². The number of aromatic nitrogens is 1. The smallest absolute Gasteiger partial charge is 0.248 e. The summed E-state index contributed by atoms with van der Waals surface area (Å²) >= 11 is 3.30. The normalized spacial score (nSPS) is 14.5. The minimum Gasteiger partial charge on any atom is -0.389 e. The molecule has 0 atom stereocenters. The molecule has 2 aromatic rings. The average molecular weight is 458 g/mol. The first-order valence-corrected chi connectivity index (χ1v) is 11.6. The molecule has 1 saturated heterocycles. The lowest BCUT2D eigenvalue weighted by Gasteiger charge is -2.19. The minimum absolute atomic E-state index is 0.0553. The molecule has 31 heavy (non-hydrogen) atoms. The van der Waals surface area contributed by atoms with Crippen LogP contribution < -0.4 is 5.32 Å². The molecule has 0 bridgehead atoms. The zero-order chi connectivity index (χ0) is 22.1. The predicted molar refractivity (Wildman–Crippen MR) is 125 cm³/mol. The summed E-state index contributed by atoms with van der Waals surface area (Å²) in [6.45, 7) is 0.0575. The molecular weight excluding hydrogens is 434 g/mol. The zero-order valence-electron chi connectivity index (χ0n) is 16.9. The van der Waals surface area contributed by atoms with Crippen molar-refractivity contribution < 1.29 is 9.63 Å². The molecule has 0 aliphatic carbocycles. The van der Waals surface area contributed by atoms with Gasteiger partial charge in [0.1, 0.15) is 10.4 Å². The summed E-state index contributed by atoms with van der Waals surface area (Å²) < 4.78 is -0.112. The molecule has 162 valence electrons. The number of nitrogens with one attached hydrogen (secondary N) is 3. The molecule has 9 nitrogen and oxygen atoms in total. The SMILES string of the molecule is CN(N=N)C(=N)/C(=N\OCc1cccc(NC(=O)C2SCCCS2)n1)c1ccccc1. The van der Waals surface area contributed by atoms with Gasteiger partial charge in [-0.3, -0.25) is 10.2 Å². The molecule has 0 unspecified atom stereocenters. The third kappa shape index (κ3) is 6.53. The van der Waals surface area contributed by atoms with E-state index in [1.807, 2.05) is 18.2 Å². The fourth-order valence-electron chi connectivity index (χ4n) is 2.65. The maximum absolute atomic E-state index is 12.4. The molecule has 1 aliphatic heterocycles. The molecule has 1 aromatic carbocycles. The first-order valence-electron chi connectivity index (χ1n) is 9.54. The van der Waals surface area contributed by atoms with E-state index in [1.165, 1.54) is 7.05 Å². The number of pyridine rings is 1. The number of anilines is 1. The summed E-state index contributed by atoms with van der Waals surface area (Å²) in [4.78, 5) is 22.3. The van der Waals surface area contributed by atoms with Crippen LogP contribution in [-0.4, -0.2) is 50.6 Å². The van der Waals surface area contributed by atoms with Crippen LogP contribution >= 0.6 is 23.5 Å². The highest BCUT2D eigenvalue weighted by Crippen LogP contribution is 2.31. The molecule has 1 aliphatic rings. The number of carbonyl (C=O) groups is 1. The van der Waals surface area contributed by atoms with E-state index in [2.05, 4.69) is 20.7 Å². The number of thioether (sulfide) groups is 2. The summed E-state index contributed by atoms with van der Waals surface area (Å²) in [5.74, 6) is 2.32. The molecule has 0 saturated carbocycles. The van der Waals surface area contributed by atoms with Crippen molar-refractivity contribution in [3.05, 3.63) is 59.8 Å². The fraction of sp³-hybridized carbons (Fsp3) is 0.300. The average Bonchev–Trinajstić information content (AvgIpc) is 2.82. The number of benzene rings is 1. The highest BCUT2D eigenvalue weighted by atomic mass is 32.2. The van der Waals surface area contributed by atoms with Crippen LogP contribution in [0.5, 0.6) is 0 Å². The Kier molecular flexibility index (Phi) is 8.42. The Morgan fingerprint density at radius 2 is 1.97 bits per heavy atom. The van der Waals surface area contributed by atoms with Gasteiger partial charge in [-0.25, -0.2) is 9.99 Å². The molecule has 3 rings (SSSR count). The summed E-state index contributed by atoms with van der Waals surface area (Å²) in [7, 11) is 1.49. The van der Waals surface area contributed by atoms with Gasteiger partial charge < -0.3 is 10.2 Å². The number of oxime groups is 1. The Morgan fingerprint density at radius 3 is 2.68 bits per heavy atom. The quantitative estimate of drug-likeness (QED) is 0.238. The van der Waals surface area contributed by atoms with Gasteiger partial charge in [-0.2, -0.15) is 5.53 Å². The maximum Gasteiger partial charge on any atom is 0.248 e. The summed E-state index contributed by atoms with van der Waals surface area (Å²) in [5.41, 5.74) is 8.62. The second-order valence-corrected chi connectivity index (χ2v) is 9.21. The van der Waals surface area contributed by atoms with Crippen LogP contribution in [0.2, 0.25) is 0 Å². The van der Waals surface area contributed by atoms with Crippen LogP contribution in [0.3, 0.4) is 0 Å². The topological polar surface area (TPSA) is 127 Å². The third-order valence-corrected chi connectivity index (χ3v) is 7.11. The lowest BCUT2D eigenvalue weighted by molar-refractivity contribution is -0.114. The molecule has 1 amide bonds. The highest BCUT2D eigenvalue weighted by Gasteiger charge is 2.22. The largest absolute Gasteiger partial charge is 0.389 e. The van der Waals surface area contributed by atoms with Crippen molar-refractivity contribution in [2.45, 2.75) is 17.6 Å². The van der Waals surface area contributed by atoms with Crippen LogP contribution in [0.4, 0.5) is 5.82 Å². The van der Waals surface area contributed by atoms with Crippen molar-refractivity contribution in [3.63, 3.8) is 0 Å². The number of hydrogen-bond acceptors (Lipinski definition) is 9. The Balaban J connectivity index is 1.66. The predicted octanol–water partition coefficient (Wildman–Crippen LogP) is 3.99. The number of rotatable bonds is 8. The van der Waals surface area contributed by atoms with Crippen LogP contribution in [0, 0.1) is 10.9 Å². The van der Waals surface area contributed by atoms with E-state index in [4.69, 9.17) is 15.8 Å². The molecule has 0 radical (unpaired) electrons. The van der Waals surface area contributed by atoms with Gasteiger partial charge in [0.15, 0.2) is 18.2 Å². The van der Waals surface area contributed by atoms with Crippen molar-refractivity contribution in [2.24, 2.45) is 10.4 Å². The van der Waals surface area contributed by atoms with E-state index in [-0.39, 0.29) is 28.6 Å². The molecule has 3 N–H and O–H groups in total. The molecule has 11 heteroatoms. The monoisotopic (exact) mass is 457 g/mol. The van der Waals surface area contributed by atoms with Crippen molar-refractivity contribution in [2.75, 3.05) is 23.9 Å². The van der Waals surface area contributed by atoms with Crippen LogP contribution in [0.1, 0.15) is 17.7 Å². The number of likely N-dealkylation sites (N-methyl/N-ethyl adjacent to an activating group) is 1. The second-order valence-electron chi connectivity index (χ2n) is 6.48. The van der Waals surface area contributed by atoms with E-state index in [0.29, 0.717) is 17.1 Å². The molecule has 1 aromatic heterocycles. The summed E-state index contributed by atoms with van der Waals surface area (Å²) in [5, 5.41) is 19.5. The van der Waals surface area contributed by atoms with Crippen molar-refractivity contribution >= 4 is 46.8 Å². The Bertz CT molecular complexity index is 950. The lowest BCUT2D eigenvalue weighted by Crippen LogP contribution is -2.29. The first-order chi connectivity index (χ1) is 15.1. The third-order valence-electron chi connectivity index (χ3n) is 4.21. The molecule has 0 spiro atoms. The lowest BCUT2D eigenvalue weighted by atomic mass is 10.1. The van der Waals surface area contributed by atoms with Gasteiger partial charge in [-0.15, -0.1) is 23.5 Å². The first kappa shape index (κ1) is 22.8. The van der Waals surface area contributed by atoms with E-state index < -0.39 is 0 Å². The number of amidine groups is 1. The van der Waals surface area contributed by atoms with Gasteiger partial charge in [0.2, 0.25) is 5.91 Å². The number of hydrogen-bond donors (Lipinski definition) is 3. The summed E-state index contributed by atoms with van der Waals surface area (Å²) in [6, 6.07) is 14.4. The second kappa shape index (κ2) is 11.5. The highest BCUT2D eigenvalue weighted by molar-refractivity contribution is 8.18. The number of amides is 1. The molecule has 1 fully saturated rings. The van der Waals surface area contributed by atoms with E-state index in [1.54, 1.807) is 53.9 Å². The van der Waals surface area contributed by atoms with E-state index >= 15 is 0 Å². The van der Waals surface area contributed by atoms with Crippen LogP contribution in [0.15, 0.2) is 58.9 Å². The zero-order valence-corrected chi connectivity index (χ0v) is 18.6. The standard InChI is InChI=1S/C20H23N7O2S2/c1-27(26-22)18(21)17(14-7-3-2-4-8-14)25-29-13-15-9-5-10-16(23-15)24-19(28)20-30-11-6-12-31-20/h2-5,7-10,20-22H,6,11-13H2,1H3,(H,23,24,28)/b21-18?,25-17-,26-22?. The van der Waals surface area contributed by atoms with Gasteiger partial charge in [0, 0.05) is 12.6 Å². The van der Waals surface area contributed by atoms with Crippen molar-refractivity contribution in [1.29, 1.82) is 10.9 Å². The van der Waals surface area contributed by atoms with Gasteiger partial charge in [-0.1, -0.05) is 46.8 Å². The van der Waals surface area contributed by atoms with Crippen LogP contribution in [0.25, 0.3) is 0 Å². The van der Waals surface area contributed by atoms with Gasteiger partial charge in [0.25, 0.3) is 0 Å². The van der Waals surface area contributed by atoms with Crippen molar-refractivity contribution in [3.8, 4) is 0 Å². The van der Waals surface area contributed by atoms with Gasteiger partial charge in [-0.05, 0) is 30.1 Å². The number of nitrogens with zero attached hydrogens (tertiary/aromatic N) is 4. The summed E-state index contributed by atoms with van der Waals surface area (Å²) in [6.07, 6.45) is 1.12. The Labute approximate surface area is 189 Å². The molecular formula is C20H23N7O2S2. The van der Waals surface area contributed by atoms with Crippen molar-refractivity contribution in [1.82, 2.24) is 9.99 Å². The fourth-order valence-corrected chi connectivity index (χ4v) is 5.26.